The van der Waals surface area contributed by atoms with Crippen LogP contribution in [0.4, 0.5) is 0 Å². The van der Waals surface area contributed by atoms with Crippen LogP contribution in [0.25, 0.3) is 0 Å². The average molecular weight is 194 g/mol. The number of thioether (sulfide) groups is 1. The Morgan fingerprint density at radius 3 is 3.15 bits per heavy atom. The number of nitriles is 1. The molecule has 0 atom stereocenters. The number of pyridine rings is 1. The Labute approximate surface area is 79.2 Å². The number of nitrogens with zero attached hydrogens (tertiary/aromatic N) is 2. The van der Waals surface area contributed by atoms with Crippen molar-refractivity contribution in [1.29, 1.82) is 5.26 Å². The lowest BCUT2D eigenvalue weighted by Crippen LogP contribution is -1.98. The minimum absolute atomic E-state index is 0.0552. The smallest absolute Gasteiger partial charge is 0.313 e. The summed E-state index contributed by atoms with van der Waals surface area (Å²) in [6, 6.07) is 5.25. The number of aliphatic carboxylic acids is 1. The van der Waals surface area contributed by atoms with Crippen molar-refractivity contribution < 1.29 is 9.90 Å². The van der Waals surface area contributed by atoms with Crippen LogP contribution in [0.1, 0.15) is 5.69 Å². The minimum atomic E-state index is -0.905. The maximum atomic E-state index is 10.2. The molecule has 4 nitrogen and oxygen atoms in total. The molecule has 0 amide bonds. The molecule has 1 aromatic heterocycles. The number of carboxylic acid groups (broad SMARTS) is 1. The Morgan fingerprint density at radius 1 is 1.77 bits per heavy atom. The van der Waals surface area contributed by atoms with Crippen LogP contribution in [0.15, 0.2) is 23.2 Å². The van der Waals surface area contributed by atoms with Crippen molar-refractivity contribution in [3.05, 3.63) is 24.0 Å². The van der Waals surface area contributed by atoms with Crippen LogP contribution < -0.4 is 0 Å². The van der Waals surface area contributed by atoms with Gasteiger partial charge >= 0.3 is 5.97 Å². The molecule has 0 spiro atoms. The fourth-order valence-electron chi connectivity index (χ4n) is 0.730. The summed E-state index contributed by atoms with van der Waals surface area (Å²) in [6.07, 6.45) is 1.50. The molecule has 0 aliphatic heterocycles. The Balaban J connectivity index is 2.77. The fourth-order valence-corrected chi connectivity index (χ4v) is 1.42. The molecule has 13 heavy (non-hydrogen) atoms. The second-order valence-corrected chi connectivity index (χ2v) is 3.16. The third-order valence-corrected chi connectivity index (χ3v) is 2.26. The quantitative estimate of drug-likeness (QED) is 0.730. The van der Waals surface area contributed by atoms with E-state index < -0.39 is 5.97 Å². The fraction of sp³-hybridized carbons (Fsp3) is 0.125. The molecule has 0 aromatic carbocycles. The van der Waals surface area contributed by atoms with Crippen LogP contribution in [0.2, 0.25) is 0 Å². The van der Waals surface area contributed by atoms with E-state index >= 15 is 0 Å². The predicted molar refractivity (Wildman–Crippen MR) is 47.3 cm³/mol. The van der Waals surface area contributed by atoms with Crippen molar-refractivity contribution in [2.45, 2.75) is 4.90 Å². The van der Waals surface area contributed by atoms with Crippen LogP contribution in [0.5, 0.6) is 0 Å². The zero-order valence-electron chi connectivity index (χ0n) is 6.60. The van der Waals surface area contributed by atoms with Crippen molar-refractivity contribution in [2.24, 2.45) is 0 Å². The van der Waals surface area contributed by atoms with E-state index in [9.17, 15) is 4.79 Å². The number of hydrogen-bond acceptors (Lipinski definition) is 4. The molecule has 0 saturated heterocycles. The number of aromatic nitrogens is 1. The van der Waals surface area contributed by atoms with Gasteiger partial charge in [0.1, 0.15) is 6.07 Å². The molecule has 1 rings (SSSR count). The van der Waals surface area contributed by atoms with E-state index in [2.05, 4.69) is 4.98 Å². The maximum absolute atomic E-state index is 10.2. The lowest BCUT2D eigenvalue weighted by Gasteiger charge is -1.98. The Bertz CT molecular complexity index is 359. The van der Waals surface area contributed by atoms with Gasteiger partial charge < -0.3 is 5.11 Å². The van der Waals surface area contributed by atoms with Gasteiger partial charge in [-0.05, 0) is 12.1 Å². The first-order valence-corrected chi connectivity index (χ1v) is 4.42. The summed E-state index contributed by atoms with van der Waals surface area (Å²) in [7, 11) is 0. The first-order chi connectivity index (χ1) is 6.24. The summed E-state index contributed by atoms with van der Waals surface area (Å²) in [5.74, 6) is -0.960. The van der Waals surface area contributed by atoms with Crippen molar-refractivity contribution >= 4 is 17.7 Å². The molecule has 1 aromatic rings. The highest BCUT2D eigenvalue weighted by Gasteiger charge is 2.04. The zero-order valence-corrected chi connectivity index (χ0v) is 7.41. The van der Waals surface area contributed by atoms with Crippen LogP contribution in [-0.4, -0.2) is 21.8 Å². The van der Waals surface area contributed by atoms with Gasteiger partial charge in [0.2, 0.25) is 0 Å². The van der Waals surface area contributed by atoms with Gasteiger partial charge in [-0.3, -0.25) is 4.79 Å². The molecular weight excluding hydrogens is 188 g/mol. The maximum Gasteiger partial charge on any atom is 0.313 e. The lowest BCUT2D eigenvalue weighted by atomic mass is 10.4. The normalized spacial score (nSPS) is 9.15. The van der Waals surface area contributed by atoms with E-state index in [-0.39, 0.29) is 11.4 Å². The van der Waals surface area contributed by atoms with E-state index in [4.69, 9.17) is 10.4 Å². The van der Waals surface area contributed by atoms with Crippen molar-refractivity contribution in [3.63, 3.8) is 0 Å². The minimum Gasteiger partial charge on any atom is -0.481 e. The van der Waals surface area contributed by atoms with E-state index in [1.165, 1.54) is 6.20 Å². The highest BCUT2D eigenvalue weighted by molar-refractivity contribution is 8.00. The van der Waals surface area contributed by atoms with E-state index in [0.717, 1.165) is 11.8 Å². The highest BCUT2D eigenvalue weighted by atomic mass is 32.2. The molecule has 1 N–H and O–H groups in total. The number of carbonyl (C=O) groups is 1. The summed E-state index contributed by atoms with van der Waals surface area (Å²) in [5, 5.41) is 17.0. The van der Waals surface area contributed by atoms with Gasteiger partial charge in [0.25, 0.3) is 0 Å². The summed E-state index contributed by atoms with van der Waals surface area (Å²) in [4.78, 5) is 14.7. The van der Waals surface area contributed by atoms with Crippen molar-refractivity contribution in [2.75, 3.05) is 5.75 Å². The lowest BCUT2D eigenvalue weighted by molar-refractivity contribution is -0.133. The van der Waals surface area contributed by atoms with E-state index in [1.54, 1.807) is 12.1 Å². The van der Waals surface area contributed by atoms with Gasteiger partial charge in [-0.1, -0.05) is 0 Å². The SMILES string of the molecule is N#Cc1ncccc1SCC(=O)O. The molecule has 66 valence electrons. The number of hydrogen-bond donors (Lipinski definition) is 1. The second-order valence-electron chi connectivity index (χ2n) is 2.14. The Hall–Kier alpha value is -1.54. The number of carboxylic acids is 1. The molecule has 0 aliphatic carbocycles. The predicted octanol–water partition coefficient (Wildman–Crippen LogP) is 1.13. The monoisotopic (exact) mass is 194 g/mol. The van der Waals surface area contributed by atoms with Crippen LogP contribution in [-0.2, 0) is 4.79 Å². The zero-order chi connectivity index (χ0) is 9.68. The number of rotatable bonds is 3. The molecule has 0 bridgehead atoms. The average Bonchev–Trinajstić information content (AvgIpc) is 2.15. The standard InChI is InChI=1S/C8H6N2O2S/c9-4-6-7(2-1-3-10-6)13-5-8(11)12/h1-3H,5H2,(H,11,12). The topological polar surface area (TPSA) is 74.0 Å². The molecular formula is C8H6N2O2S. The third kappa shape index (κ3) is 2.76. The summed E-state index contributed by atoms with van der Waals surface area (Å²) in [6.45, 7) is 0. The van der Waals surface area contributed by atoms with Gasteiger partial charge in [0, 0.05) is 11.1 Å². The Morgan fingerprint density at radius 2 is 2.54 bits per heavy atom. The van der Waals surface area contributed by atoms with E-state index in [1.807, 2.05) is 6.07 Å². The molecule has 1 heterocycles. The van der Waals surface area contributed by atoms with E-state index in [0.29, 0.717) is 4.90 Å². The summed E-state index contributed by atoms with van der Waals surface area (Å²) >= 11 is 1.10. The van der Waals surface area contributed by atoms with Gasteiger partial charge in [-0.2, -0.15) is 5.26 Å². The molecule has 0 fully saturated rings. The second kappa shape index (κ2) is 4.48. The largest absolute Gasteiger partial charge is 0.481 e. The van der Waals surface area contributed by atoms with Gasteiger partial charge in [0.15, 0.2) is 5.69 Å². The third-order valence-electron chi connectivity index (χ3n) is 1.23. The van der Waals surface area contributed by atoms with Crippen molar-refractivity contribution in [3.8, 4) is 6.07 Å². The molecule has 0 aliphatic rings. The molecule has 0 unspecified atom stereocenters. The van der Waals surface area contributed by atoms with Gasteiger partial charge in [0.05, 0.1) is 5.75 Å². The van der Waals surface area contributed by atoms with Crippen molar-refractivity contribution in [1.82, 2.24) is 4.98 Å². The molecule has 0 saturated carbocycles. The van der Waals surface area contributed by atoms with Crippen LogP contribution in [0, 0.1) is 11.3 Å². The molecule has 5 heteroatoms. The summed E-state index contributed by atoms with van der Waals surface area (Å²) < 4.78 is 0. The molecule has 0 radical (unpaired) electrons. The van der Waals surface area contributed by atoms with Gasteiger partial charge in [-0.15, -0.1) is 11.8 Å². The van der Waals surface area contributed by atoms with Gasteiger partial charge in [-0.25, -0.2) is 4.98 Å². The van der Waals surface area contributed by atoms with Crippen LogP contribution in [0.3, 0.4) is 0 Å². The highest BCUT2D eigenvalue weighted by Crippen LogP contribution is 2.19. The first-order valence-electron chi connectivity index (χ1n) is 3.43. The first kappa shape index (κ1) is 9.55. The summed E-state index contributed by atoms with van der Waals surface area (Å²) in [5.41, 5.74) is 0.272. The Kier molecular flexibility index (Phi) is 3.29. The van der Waals surface area contributed by atoms with Crippen LogP contribution >= 0.6 is 11.8 Å².